The molecule has 174 valence electrons. The molecule has 0 radical (unpaired) electrons. The van der Waals surface area contributed by atoms with Gasteiger partial charge in [0.15, 0.2) is 11.5 Å². The van der Waals surface area contributed by atoms with Gasteiger partial charge in [-0.15, -0.1) is 0 Å². The molecule has 0 aromatic heterocycles. The van der Waals surface area contributed by atoms with Gasteiger partial charge in [0, 0.05) is 0 Å². The van der Waals surface area contributed by atoms with E-state index in [-0.39, 0.29) is 10.6 Å². The van der Waals surface area contributed by atoms with Crippen molar-refractivity contribution < 1.29 is 27.1 Å². The largest absolute Gasteiger partial charge is 0.493 e. The van der Waals surface area contributed by atoms with Gasteiger partial charge in [0.25, 0.3) is 10.0 Å². The van der Waals surface area contributed by atoms with Gasteiger partial charge >= 0.3 is 0 Å². The lowest BCUT2D eigenvalue weighted by Crippen LogP contribution is -2.41. The summed E-state index contributed by atoms with van der Waals surface area (Å²) in [5.41, 5.74) is 0.925. The Balaban J connectivity index is 1.85. The van der Waals surface area contributed by atoms with Gasteiger partial charge in [-0.1, -0.05) is 24.3 Å². The van der Waals surface area contributed by atoms with Crippen molar-refractivity contribution >= 4 is 21.6 Å². The van der Waals surface area contributed by atoms with Gasteiger partial charge in [0.05, 0.1) is 30.8 Å². The minimum Gasteiger partial charge on any atom is -0.493 e. The maximum absolute atomic E-state index is 13.4. The highest BCUT2D eigenvalue weighted by Gasteiger charge is 2.27. The van der Waals surface area contributed by atoms with Crippen LogP contribution in [0.3, 0.4) is 0 Å². The van der Waals surface area contributed by atoms with Crippen LogP contribution >= 0.6 is 0 Å². The number of rotatable bonds is 9. The topological polar surface area (TPSA) is 84.9 Å². The van der Waals surface area contributed by atoms with Gasteiger partial charge in [0.2, 0.25) is 5.91 Å². The van der Waals surface area contributed by atoms with E-state index in [0.717, 1.165) is 22.0 Å². The summed E-state index contributed by atoms with van der Waals surface area (Å²) in [5, 5.41) is 2.80. The molecule has 0 fully saturated rings. The smallest absolute Gasteiger partial charge is 0.264 e. The number of carbonyl (C=O) groups excluding carboxylic acids is 1. The number of ether oxygens (including phenoxy) is 2. The number of hydrogen-bond donors (Lipinski definition) is 1. The minimum atomic E-state index is -4.07. The van der Waals surface area contributed by atoms with Gasteiger partial charge in [0.1, 0.15) is 12.4 Å². The Labute approximate surface area is 192 Å². The van der Waals surface area contributed by atoms with Crippen LogP contribution in [0.25, 0.3) is 0 Å². The van der Waals surface area contributed by atoms with Crippen LogP contribution in [0, 0.1) is 5.82 Å². The Hall–Kier alpha value is -3.59. The predicted octanol–water partition coefficient (Wildman–Crippen LogP) is 3.92. The summed E-state index contributed by atoms with van der Waals surface area (Å²) >= 11 is 0. The minimum absolute atomic E-state index is 0.0232. The molecule has 0 aliphatic heterocycles. The van der Waals surface area contributed by atoms with Gasteiger partial charge in [-0.2, -0.15) is 0 Å². The standard InChI is InChI=1S/C24H25FN2O5S/c1-17(18-9-14-22(31-2)23(15-18)32-3)26-24(28)16-27(20-12-10-19(25)11-13-20)33(29,30)21-7-5-4-6-8-21/h4-15,17H,16H2,1-3H3,(H,26,28)/t17-/m0/s1. The van der Waals surface area contributed by atoms with E-state index in [9.17, 15) is 17.6 Å². The number of anilines is 1. The van der Waals surface area contributed by atoms with Crippen LogP contribution < -0.4 is 19.1 Å². The SMILES string of the molecule is COc1ccc([C@H](C)NC(=O)CN(c2ccc(F)cc2)S(=O)(=O)c2ccccc2)cc1OC. The highest BCUT2D eigenvalue weighted by molar-refractivity contribution is 7.92. The van der Waals surface area contributed by atoms with Crippen LogP contribution in [0.2, 0.25) is 0 Å². The molecule has 0 saturated heterocycles. The molecule has 1 N–H and O–H groups in total. The molecule has 0 spiro atoms. The number of nitrogens with one attached hydrogen (secondary N) is 1. The van der Waals surface area contributed by atoms with E-state index < -0.39 is 34.3 Å². The van der Waals surface area contributed by atoms with Gasteiger partial charge in [-0.25, -0.2) is 12.8 Å². The summed E-state index contributed by atoms with van der Waals surface area (Å²) in [7, 11) is -1.03. The Kier molecular flexibility index (Phi) is 7.55. The molecule has 9 heteroatoms. The van der Waals surface area contributed by atoms with E-state index in [0.29, 0.717) is 11.5 Å². The fourth-order valence-corrected chi connectivity index (χ4v) is 4.71. The van der Waals surface area contributed by atoms with E-state index in [1.54, 1.807) is 43.3 Å². The van der Waals surface area contributed by atoms with Gasteiger partial charge in [-0.05, 0) is 61.0 Å². The van der Waals surface area contributed by atoms with Crippen LogP contribution in [-0.4, -0.2) is 35.1 Å². The maximum Gasteiger partial charge on any atom is 0.264 e. The molecule has 33 heavy (non-hydrogen) atoms. The number of halogens is 1. The summed E-state index contributed by atoms with van der Waals surface area (Å²) in [6, 6.07) is 17.5. The number of nitrogens with zero attached hydrogens (tertiary/aromatic N) is 1. The Bertz CT molecular complexity index is 1200. The highest BCUT2D eigenvalue weighted by atomic mass is 32.2. The zero-order valence-electron chi connectivity index (χ0n) is 18.5. The second-order valence-corrected chi connectivity index (χ2v) is 9.07. The summed E-state index contributed by atoms with van der Waals surface area (Å²) in [4.78, 5) is 12.9. The average Bonchev–Trinajstić information content (AvgIpc) is 2.83. The molecule has 0 heterocycles. The fourth-order valence-electron chi connectivity index (χ4n) is 3.27. The van der Waals surface area contributed by atoms with Crippen molar-refractivity contribution in [1.82, 2.24) is 5.32 Å². The first-order valence-electron chi connectivity index (χ1n) is 10.1. The molecule has 3 aromatic carbocycles. The van der Waals surface area contributed by atoms with E-state index in [1.165, 1.54) is 38.5 Å². The van der Waals surface area contributed by atoms with Crippen molar-refractivity contribution in [3.63, 3.8) is 0 Å². The number of benzene rings is 3. The maximum atomic E-state index is 13.4. The number of methoxy groups -OCH3 is 2. The second kappa shape index (κ2) is 10.4. The van der Waals surface area contributed by atoms with Crippen molar-refractivity contribution in [2.75, 3.05) is 25.1 Å². The lowest BCUT2D eigenvalue weighted by atomic mass is 10.1. The first-order chi connectivity index (χ1) is 15.8. The van der Waals surface area contributed by atoms with E-state index in [2.05, 4.69) is 5.32 Å². The Morgan fingerprint density at radius 2 is 1.61 bits per heavy atom. The first kappa shape index (κ1) is 24.1. The molecule has 0 aliphatic carbocycles. The van der Waals surface area contributed by atoms with Crippen LogP contribution in [0.1, 0.15) is 18.5 Å². The molecule has 0 bridgehead atoms. The van der Waals surface area contributed by atoms with Gasteiger partial charge in [-0.3, -0.25) is 9.10 Å². The van der Waals surface area contributed by atoms with Crippen molar-refractivity contribution in [2.24, 2.45) is 0 Å². The molecular formula is C24H25FN2O5S. The van der Waals surface area contributed by atoms with Crippen LogP contribution in [0.15, 0.2) is 77.7 Å². The van der Waals surface area contributed by atoms with E-state index in [1.807, 2.05) is 0 Å². The molecule has 0 saturated carbocycles. The van der Waals surface area contributed by atoms with Crippen molar-refractivity contribution in [3.05, 3.63) is 84.2 Å². The summed E-state index contributed by atoms with van der Waals surface area (Å²) < 4.78 is 51.5. The van der Waals surface area contributed by atoms with E-state index >= 15 is 0 Å². The summed E-state index contributed by atoms with van der Waals surface area (Å²) in [5.74, 6) is 0.0235. The lowest BCUT2D eigenvalue weighted by Gasteiger charge is -2.25. The van der Waals surface area contributed by atoms with Crippen LogP contribution in [-0.2, 0) is 14.8 Å². The molecule has 7 nitrogen and oxygen atoms in total. The highest BCUT2D eigenvalue weighted by Crippen LogP contribution is 2.30. The van der Waals surface area contributed by atoms with Crippen LogP contribution in [0.5, 0.6) is 11.5 Å². The average molecular weight is 473 g/mol. The third kappa shape index (κ3) is 5.61. The molecule has 1 amide bonds. The molecule has 1 atom stereocenters. The van der Waals surface area contributed by atoms with Crippen LogP contribution in [0.4, 0.5) is 10.1 Å². The van der Waals surface area contributed by atoms with Crippen molar-refractivity contribution in [3.8, 4) is 11.5 Å². The fraction of sp³-hybridized carbons (Fsp3) is 0.208. The van der Waals surface area contributed by atoms with Gasteiger partial charge < -0.3 is 14.8 Å². The summed E-state index contributed by atoms with van der Waals surface area (Å²) in [6.45, 7) is 1.29. The molecule has 0 aliphatic rings. The normalized spacial score (nSPS) is 12.0. The number of sulfonamides is 1. The lowest BCUT2D eigenvalue weighted by molar-refractivity contribution is -0.120. The molecule has 0 unspecified atom stereocenters. The first-order valence-corrected chi connectivity index (χ1v) is 11.5. The molecule has 3 rings (SSSR count). The zero-order valence-corrected chi connectivity index (χ0v) is 19.3. The molecular weight excluding hydrogens is 447 g/mol. The number of carbonyl (C=O) groups is 1. The van der Waals surface area contributed by atoms with E-state index in [4.69, 9.17) is 9.47 Å². The monoisotopic (exact) mass is 472 g/mol. The van der Waals surface area contributed by atoms with Crippen molar-refractivity contribution in [1.29, 1.82) is 0 Å². The Morgan fingerprint density at radius 3 is 2.21 bits per heavy atom. The Morgan fingerprint density at radius 1 is 0.970 bits per heavy atom. The third-order valence-electron chi connectivity index (χ3n) is 5.02. The number of amides is 1. The van der Waals surface area contributed by atoms with Crippen molar-refractivity contribution in [2.45, 2.75) is 17.9 Å². The summed E-state index contributed by atoms with van der Waals surface area (Å²) in [6.07, 6.45) is 0. The second-order valence-electron chi connectivity index (χ2n) is 7.20. The number of hydrogen-bond acceptors (Lipinski definition) is 5. The quantitative estimate of drug-likeness (QED) is 0.510. The zero-order chi connectivity index (χ0) is 24.0. The molecule has 3 aromatic rings. The third-order valence-corrected chi connectivity index (χ3v) is 6.81. The predicted molar refractivity (Wildman–Crippen MR) is 123 cm³/mol.